The van der Waals surface area contributed by atoms with Crippen molar-refractivity contribution in [2.45, 2.75) is 32.7 Å². The third-order valence-electron chi connectivity index (χ3n) is 2.81. The highest BCUT2D eigenvalue weighted by molar-refractivity contribution is 5.29. The van der Waals surface area contributed by atoms with Gasteiger partial charge in [0, 0.05) is 25.6 Å². The summed E-state index contributed by atoms with van der Waals surface area (Å²) in [5.41, 5.74) is 7.00. The standard InChI is InChI=1S/C16H24N2O/c1-3-5-6-11-18-16(13-17)14-7-9-15(10-8-14)19-12-4-2/h7-10,16,18H,4,6,11-13,17H2,1-2H3. The minimum absolute atomic E-state index is 0.180. The quantitative estimate of drug-likeness (QED) is 0.557. The molecule has 3 heteroatoms. The van der Waals surface area contributed by atoms with E-state index in [-0.39, 0.29) is 6.04 Å². The van der Waals surface area contributed by atoms with E-state index in [4.69, 9.17) is 10.5 Å². The van der Waals surface area contributed by atoms with Crippen LogP contribution in [-0.4, -0.2) is 19.7 Å². The zero-order valence-electron chi connectivity index (χ0n) is 11.9. The minimum atomic E-state index is 0.180. The SMILES string of the molecule is CC#CCCNC(CN)c1ccc(OCCC)cc1. The lowest BCUT2D eigenvalue weighted by molar-refractivity contribution is 0.317. The van der Waals surface area contributed by atoms with Gasteiger partial charge in [0.1, 0.15) is 5.75 Å². The molecule has 3 nitrogen and oxygen atoms in total. The maximum Gasteiger partial charge on any atom is 0.119 e. The fourth-order valence-electron chi connectivity index (χ4n) is 1.79. The second kappa shape index (κ2) is 9.43. The Hall–Kier alpha value is -1.50. The summed E-state index contributed by atoms with van der Waals surface area (Å²) in [6.45, 7) is 6.15. The lowest BCUT2D eigenvalue weighted by atomic mass is 10.1. The Morgan fingerprint density at radius 2 is 2.05 bits per heavy atom. The molecule has 3 N–H and O–H groups in total. The Kier molecular flexibility index (Phi) is 7.72. The summed E-state index contributed by atoms with van der Waals surface area (Å²) >= 11 is 0. The van der Waals surface area contributed by atoms with Crippen LogP contribution in [0.2, 0.25) is 0 Å². The number of nitrogens with two attached hydrogens (primary N) is 1. The molecule has 1 atom stereocenters. The highest BCUT2D eigenvalue weighted by Crippen LogP contribution is 2.17. The Balaban J connectivity index is 2.52. The van der Waals surface area contributed by atoms with Gasteiger partial charge in [-0.2, -0.15) is 0 Å². The highest BCUT2D eigenvalue weighted by atomic mass is 16.5. The molecule has 0 heterocycles. The number of benzene rings is 1. The Morgan fingerprint density at radius 3 is 2.63 bits per heavy atom. The zero-order chi connectivity index (χ0) is 13.9. The number of hydrogen-bond donors (Lipinski definition) is 2. The second-order valence-electron chi connectivity index (χ2n) is 4.34. The smallest absolute Gasteiger partial charge is 0.119 e. The molecule has 1 rings (SSSR count). The van der Waals surface area contributed by atoms with Crippen molar-refractivity contribution in [1.82, 2.24) is 5.32 Å². The second-order valence-corrected chi connectivity index (χ2v) is 4.34. The van der Waals surface area contributed by atoms with Crippen LogP contribution in [0.5, 0.6) is 5.75 Å². The van der Waals surface area contributed by atoms with Crippen LogP contribution in [-0.2, 0) is 0 Å². The number of hydrogen-bond acceptors (Lipinski definition) is 3. The molecule has 0 saturated heterocycles. The molecular formula is C16H24N2O. The Bertz CT molecular complexity index is 403. The predicted molar refractivity (Wildman–Crippen MR) is 80.1 cm³/mol. The van der Waals surface area contributed by atoms with Gasteiger partial charge in [-0.25, -0.2) is 0 Å². The molecule has 0 aliphatic rings. The molecule has 0 spiro atoms. The van der Waals surface area contributed by atoms with E-state index in [0.717, 1.165) is 31.7 Å². The first-order chi connectivity index (χ1) is 9.31. The summed E-state index contributed by atoms with van der Waals surface area (Å²) in [7, 11) is 0. The normalized spacial score (nSPS) is 11.5. The fraction of sp³-hybridized carbons (Fsp3) is 0.500. The summed E-state index contributed by atoms with van der Waals surface area (Å²) in [5.74, 6) is 6.84. The predicted octanol–water partition coefficient (Wildman–Crippen LogP) is 2.48. The topological polar surface area (TPSA) is 47.3 Å². The summed E-state index contributed by atoms with van der Waals surface area (Å²) < 4.78 is 5.57. The molecule has 0 fully saturated rings. The maximum atomic E-state index is 5.81. The molecule has 1 aromatic rings. The lowest BCUT2D eigenvalue weighted by Crippen LogP contribution is -2.28. The van der Waals surface area contributed by atoms with Crippen LogP contribution in [0.1, 0.15) is 38.3 Å². The first-order valence-electron chi connectivity index (χ1n) is 6.87. The van der Waals surface area contributed by atoms with E-state index in [2.05, 4.69) is 36.2 Å². The molecule has 0 bridgehead atoms. The summed E-state index contributed by atoms with van der Waals surface area (Å²) in [6, 6.07) is 8.32. The summed E-state index contributed by atoms with van der Waals surface area (Å²) in [4.78, 5) is 0. The average Bonchev–Trinajstić information content (AvgIpc) is 2.46. The van der Waals surface area contributed by atoms with Crippen molar-refractivity contribution in [1.29, 1.82) is 0 Å². The van der Waals surface area contributed by atoms with Gasteiger partial charge in [0.2, 0.25) is 0 Å². The van der Waals surface area contributed by atoms with Crippen molar-refractivity contribution in [3.05, 3.63) is 29.8 Å². The zero-order valence-corrected chi connectivity index (χ0v) is 11.9. The molecule has 0 saturated carbocycles. The van der Waals surface area contributed by atoms with Crippen LogP contribution in [0.15, 0.2) is 24.3 Å². The van der Waals surface area contributed by atoms with E-state index >= 15 is 0 Å². The van der Waals surface area contributed by atoms with Gasteiger partial charge in [-0.05, 0) is 31.0 Å². The van der Waals surface area contributed by atoms with Gasteiger partial charge in [-0.3, -0.25) is 0 Å². The monoisotopic (exact) mass is 260 g/mol. The first kappa shape index (κ1) is 15.6. The minimum Gasteiger partial charge on any atom is -0.494 e. The number of nitrogens with one attached hydrogen (secondary N) is 1. The molecule has 19 heavy (non-hydrogen) atoms. The average molecular weight is 260 g/mol. The maximum absolute atomic E-state index is 5.81. The van der Waals surface area contributed by atoms with Gasteiger partial charge >= 0.3 is 0 Å². The molecule has 1 aromatic carbocycles. The van der Waals surface area contributed by atoms with Gasteiger partial charge in [0.25, 0.3) is 0 Å². The van der Waals surface area contributed by atoms with Crippen LogP contribution < -0.4 is 15.8 Å². The molecule has 0 aliphatic carbocycles. The van der Waals surface area contributed by atoms with Crippen molar-refractivity contribution >= 4 is 0 Å². The first-order valence-corrected chi connectivity index (χ1v) is 6.87. The summed E-state index contributed by atoms with van der Waals surface area (Å²) in [5, 5.41) is 3.41. The fourth-order valence-corrected chi connectivity index (χ4v) is 1.79. The van der Waals surface area contributed by atoms with Gasteiger partial charge < -0.3 is 15.8 Å². The third kappa shape index (κ3) is 5.78. The molecule has 1 unspecified atom stereocenters. The molecule has 0 aromatic heterocycles. The van der Waals surface area contributed by atoms with E-state index in [9.17, 15) is 0 Å². The van der Waals surface area contributed by atoms with Gasteiger partial charge in [-0.1, -0.05) is 19.1 Å². The van der Waals surface area contributed by atoms with Crippen molar-refractivity contribution < 1.29 is 4.74 Å². The molecule has 0 aliphatic heterocycles. The van der Waals surface area contributed by atoms with Crippen LogP contribution >= 0.6 is 0 Å². The van der Waals surface area contributed by atoms with E-state index in [0.29, 0.717) is 6.54 Å². The van der Waals surface area contributed by atoms with Crippen molar-refractivity contribution in [3.63, 3.8) is 0 Å². The van der Waals surface area contributed by atoms with Crippen molar-refractivity contribution in [2.24, 2.45) is 5.73 Å². The van der Waals surface area contributed by atoms with Gasteiger partial charge in [0.05, 0.1) is 6.61 Å². The van der Waals surface area contributed by atoms with Gasteiger partial charge in [-0.15, -0.1) is 11.8 Å². The number of rotatable bonds is 8. The Morgan fingerprint density at radius 1 is 1.32 bits per heavy atom. The van der Waals surface area contributed by atoms with E-state index in [1.54, 1.807) is 0 Å². The molecular weight excluding hydrogens is 236 g/mol. The molecule has 0 amide bonds. The van der Waals surface area contributed by atoms with E-state index in [1.807, 2.05) is 19.1 Å². The van der Waals surface area contributed by atoms with Crippen LogP contribution in [0.25, 0.3) is 0 Å². The van der Waals surface area contributed by atoms with E-state index < -0.39 is 0 Å². The third-order valence-corrected chi connectivity index (χ3v) is 2.81. The van der Waals surface area contributed by atoms with Crippen molar-refractivity contribution in [2.75, 3.05) is 19.7 Å². The Labute approximate surface area is 116 Å². The number of ether oxygens (including phenoxy) is 1. The lowest BCUT2D eigenvalue weighted by Gasteiger charge is -2.17. The van der Waals surface area contributed by atoms with Crippen molar-refractivity contribution in [3.8, 4) is 17.6 Å². The van der Waals surface area contributed by atoms with Crippen LogP contribution in [0.4, 0.5) is 0 Å². The van der Waals surface area contributed by atoms with E-state index in [1.165, 1.54) is 5.56 Å². The molecule has 104 valence electrons. The largest absolute Gasteiger partial charge is 0.494 e. The summed E-state index contributed by atoms with van der Waals surface area (Å²) in [6.07, 6.45) is 1.87. The van der Waals surface area contributed by atoms with Crippen LogP contribution in [0, 0.1) is 11.8 Å². The molecule has 0 radical (unpaired) electrons. The van der Waals surface area contributed by atoms with Crippen LogP contribution in [0.3, 0.4) is 0 Å². The van der Waals surface area contributed by atoms with Gasteiger partial charge in [0.15, 0.2) is 0 Å². The highest BCUT2D eigenvalue weighted by Gasteiger charge is 2.08.